The van der Waals surface area contributed by atoms with Crippen LogP contribution in [0.25, 0.3) is 0 Å². The van der Waals surface area contributed by atoms with E-state index in [-0.39, 0.29) is 6.42 Å². The van der Waals surface area contributed by atoms with Gasteiger partial charge in [-0.15, -0.1) is 0 Å². The lowest BCUT2D eigenvalue weighted by molar-refractivity contribution is -0.137. The second-order valence-corrected chi connectivity index (χ2v) is 4.87. The monoisotopic (exact) mass is 263 g/mol. The molecule has 0 heterocycles. The van der Waals surface area contributed by atoms with Crippen LogP contribution in [0.4, 0.5) is 0 Å². The molecule has 106 valence electrons. The van der Waals surface area contributed by atoms with E-state index in [0.717, 1.165) is 25.8 Å². The Hall–Kier alpha value is -1.35. The van der Waals surface area contributed by atoms with Crippen molar-refractivity contribution in [3.05, 3.63) is 35.9 Å². The maximum Gasteiger partial charge on any atom is 0.304 e. The van der Waals surface area contributed by atoms with Gasteiger partial charge in [0.1, 0.15) is 0 Å². The normalized spacial score (nSPS) is 12.6. The summed E-state index contributed by atoms with van der Waals surface area (Å²) in [5, 5.41) is 8.89. The summed E-state index contributed by atoms with van der Waals surface area (Å²) in [6.45, 7) is 5.93. The molecule has 0 saturated heterocycles. The second kappa shape index (κ2) is 8.70. The van der Waals surface area contributed by atoms with E-state index in [9.17, 15) is 4.79 Å². The maximum absolute atomic E-state index is 10.8. The van der Waals surface area contributed by atoms with Gasteiger partial charge in [0.05, 0.1) is 6.42 Å². The van der Waals surface area contributed by atoms with E-state index in [4.69, 9.17) is 5.11 Å². The zero-order valence-corrected chi connectivity index (χ0v) is 12.0. The van der Waals surface area contributed by atoms with Gasteiger partial charge in [-0.2, -0.15) is 0 Å². The third kappa shape index (κ3) is 5.43. The summed E-state index contributed by atoms with van der Waals surface area (Å²) in [4.78, 5) is 13.1. The highest BCUT2D eigenvalue weighted by Crippen LogP contribution is 2.24. The van der Waals surface area contributed by atoms with Crippen molar-refractivity contribution < 1.29 is 9.90 Å². The molecule has 0 bridgehead atoms. The fourth-order valence-electron chi connectivity index (χ4n) is 2.40. The molecule has 1 unspecified atom stereocenters. The number of carbonyl (C=O) groups is 1. The molecule has 0 aliphatic heterocycles. The third-order valence-electron chi connectivity index (χ3n) is 3.42. The first-order chi connectivity index (χ1) is 9.19. The third-order valence-corrected chi connectivity index (χ3v) is 3.42. The Bertz CT molecular complexity index is 364. The van der Waals surface area contributed by atoms with Crippen molar-refractivity contribution in [3.63, 3.8) is 0 Å². The fourth-order valence-corrected chi connectivity index (χ4v) is 2.40. The van der Waals surface area contributed by atoms with Crippen LogP contribution in [-0.2, 0) is 4.79 Å². The Balaban J connectivity index is 2.76. The molecule has 3 heteroatoms. The Morgan fingerprint density at radius 1 is 1.21 bits per heavy atom. The van der Waals surface area contributed by atoms with Gasteiger partial charge in [0.2, 0.25) is 0 Å². The highest BCUT2D eigenvalue weighted by molar-refractivity contribution is 5.66. The summed E-state index contributed by atoms with van der Waals surface area (Å²) in [5.41, 5.74) is 1.28. The quantitative estimate of drug-likeness (QED) is 0.738. The highest BCUT2D eigenvalue weighted by atomic mass is 16.4. The first-order valence-electron chi connectivity index (χ1n) is 7.19. The topological polar surface area (TPSA) is 40.5 Å². The molecule has 1 aromatic carbocycles. The zero-order chi connectivity index (χ0) is 14.1. The summed E-state index contributed by atoms with van der Waals surface area (Å²) in [6.07, 6.45) is 3.47. The largest absolute Gasteiger partial charge is 0.481 e. The summed E-state index contributed by atoms with van der Waals surface area (Å²) in [5.74, 6) is -0.718. The molecule has 0 aliphatic rings. The average molecular weight is 263 g/mol. The number of aliphatic carboxylic acids is 1. The highest BCUT2D eigenvalue weighted by Gasteiger charge is 2.18. The van der Waals surface area contributed by atoms with Crippen LogP contribution in [0.1, 0.15) is 51.1 Å². The number of carboxylic acid groups (broad SMARTS) is 1. The molecule has 0 aliphatic carbocycles. The van der Waals surface area contributed by atoms with Crippen LogP contribution in [0.2, 0.25) is 0 Å². The summed E-state index contributed by atoms with van der Waals surface area (Å²) in [6, 6.07) is 10.7. The molecule has 1 aromatic rings. The predicted octanol–water partition coefficient (Wildman–Crippen LogP) is 3.71. The van der Waals surface area contributed by atoms with Crippen molar-refractivity contribution in [1.82, 2.24) is 4.90 Å². The molecule has 1 atom stereocenters. The summed E-state index contributed by atoms with van der Waals surface area (Å²) >= 11 is 0. The van der Waals surface area contributed by atoms with E-state index >= 15 is 0 Å². The number of hydrogen-bond acceptors (Lipinski definition) is 2. The molecule has 19 heavy (non-hydrogen) atoms. The number of rotatable bonds is 9. The Morgan fingerprint density at radius 2 is 1.89 bits per heavy atom. The minimum Gasteiger partial charge on any atom is -0.481 e. The van der Waals surface area contributed by atoms with Crippen molar-refractivity contribution in [3.8, 4) is 0 Å². The molecule has 1 N–H and O–H groups in total. The molecular weight excluding hydrogens is 238 g/mol. The summed E-state index contributed by atoms with van der Waals surface area (Å²) < 4.78 is 0. The number of hydrogen-bond donors (Lipinski definition) is 1. The van der Waals surface area contributed by atoms with Gasteiger partial charge >= 0.3 is 5.97 Å². The molecule has 1 rings (SSSR count). The van der Waals surface area contributed by atoms with Crippen LogP contribution in [0.5, 0.6) is 0 Å². The van der Waals surface area contributed by atoms with Crippen molar-refractivity contribution in [2.75, 3.05) is 13.1 Å². The van der Waals surface area contributed by atoms with Gasteiger partial charge < -0.3 is 5.11 Å². The number of benzene rings is 1. The van der Waals surface area contributed by atoms with Crippen molar-refractivity contribution in [2.45, 2.75) is 45.6 Å². The van der Waals surface area contributed by atoms with Crippen LogP contribution in [0.15, 0.2) is 30.3 Å². The predicted molar refractivity (Wildman–Crippen MR) is 78.2 cm³/mol. The first kappa shape index (κ1) is 15.7. The van der Waals surface area contributed by atoms with Gasteiger partial charge in [0.25, 0.3) is 0 Å². The van der Waals surface area contributed by atoms with Crippen LogP contribution < -0.4 is 0 Å². The zero-order valence-electron chi connectivity index (χ0n) is 12.0. The lowest BCUT2D eigenvalue weighted by Crippen LogP contribution is -2.31. The molecular formula is C16H25NO2. The second-order valence-electron chi connectivity index (χ2n) is 4.87. The van der Waals surface area contributed by atoms with E-state index in [1.54, 1.807) is 0 Å². The Morgan fingerprint density at radius 3 is 2.42 bits per heavy atom. The van der Waals surface area contributed by atoms with E-state index in [1.807, 2.05) is 18.2 Å². The SMILES string of the molecule is CCCCN(CCC(=O)O)C(CC)c1ccccc1. The summed E-state index contributed by atoms with van der Waals surface area (Å²) in [7, 11) is 0. The van der Waals surface area contributed by atoms with Crippen LogP contribution in [0, 0.1) is 0 Å². The fraction of sp³-hybridized carbons (Fsp3) is 0.562. The number of carboxylic acids is 1. The van der Waals surface area contributed by atoms with Gasteiger partial charge in [0, 0.05) is 12.6 Å². The van der Waals surface area contributed by atoms with E-state index in [1.165, 1.54) is 5.56 Å². The molecule has 0 amide bonds. The van der Waals surface area contributed by atoms with Crippen LogP contribution >= 0.6 is 0 Å². The Kier molecular flexibility index (Phi) is 7.19. The van der Waals surface area contributed by atoms with E-state index < -0.39 is 5.97 Å². The average Bonchev–Trinajstić information content (AvgIpc) is 2.43. The smallest absolute Gasteiger partial charge is 0.304 e. The molecule has 0 fully saturated rings. The van der Waals surface area contributed by atoms with Gasteiger partial charge in [0.15, 0.2) is 0 Å². The lowest BCUT2D eigenvalue weighted by atomic mass is 10.0. The molecule has 0 spiro atoms. The molecule has 0 aromatic heterocycles. The standard InChI is InChI=1S/C16H25NO2/c1-3-5-12-17(13-11-16(18)19)15(4-2)14-9-7-6-8-10-14/h6-10,15H,3-5,11-13H2,1-2H3,(H,18,19). The molecule has 3 nitrogen and oxygen atoms in total. The van der Waals surface area contributed by atoms with Crippen molar-refractivity contribution in [2.24, 2.45) is 0 Å². The van der Waals surface area contributed by atoms with Crippen LogP contribution in [0.3, 0.4) is 0 Å². The minimum atomic E-state index is -0.718. The van der Waals surface area contributed by atoms with Gasteiger partial charge in [-0.05, 0) is 24.9 Å². The van der Waals surface area contributed by atoms with E-state index in [0.29, 0.717) is 12.6 Å². The Labute approximate surface area is 116 Å². The number of nitrogens with zero attached hydrogens (tertiary/aromatic N) is 1. The van der Waals surface area contributed by atoms with Gasteiger partial charge in [-0.25, -0.2) is 0 Å². The van der Waals surface area contributed by atoms with Gasteiger partial charge in [-0.3, -0.25) is 9.69 Å². The molecule has 0 radical (unpaired) electrons. The van der Waals surface area contributed by atoms with Crippen molar-refractivity contribution >= 4 is 5.97 Å². The van der Waals surface area contributed by atoms with E-state index in [2.05, 4.69) is 30.9 Å². The maximum atomic E-state index is 10.8. The van der Waals surface area contributed by atoms with Crippen LogP contribution in [-0.4, -0.2) is 29.1 Å². The van der Waals surface area contributed by atoms with Gasteiger partial charge in [-0.1, -0.05) is 50.6 Å². The minimum absolute atomic E-state index is 0.215. The lowest BCUT2D eigenvalue weighted by Gasteiger charge is -2.31. The molecule has 0 saturated carbocycles. The van der Waals surface area contributed by atoms with Crippen molar-refractivity contribution in [1.29, 1.82) is 0 Å². The number of unbranched alkanes of at least 4 members (excludes halogenated alkanes) is 1. The first-order valence-corrected chi connectivity index (χ1v) is 7.19.